The molecule has 1 aromatic rings. The van der Waals surface area contributed by atoms with Crippen molar-refractivity contribution in [2.24, 2.45) is 0 Å². The minimum atomic E-state index is -0.942. The molecule has 5 amide bonds. The van der Waals surface area contributed by atoms with E-state index in [1.165, 1.54) is 0 Å². The number of carbonyl (C=O) groups excluding carboxylic acids is 5. The Morgan fingerprint density at radius 2 is 1.67 bits per heavy atom. The van der Waals surface area contributed by atoms with Crippen LogP contribution in [0.2, 0.25) is 0 Å². The summed E-state index contributed by atoms with van der Waals surface area (Å²) in [6.07, 6.45) is 7.69. The van der Waals surface area contributed by atoms with E-state index in [0.29, 0.717) is 24.1 Å². The third kappa shape index (κ3) is 7.15. The highest BCUT2D eigenvalue weighted by Gasteiger charge is 2.45. The molecule has 1 fully saturated rings. The van der Waals surface area contributed by atoms with Crippen LogP contribution in [0.4, 0.5) is 4.79 Å². The van der Waals surface area contributed by atoms with Crippen LogP contribution in [0, 0.1) is 0 Å². The Balaban J connectivity index is 1.38. The van der Waals surface area contributed by atoms with Gasteiger partial charge in [0.1, 0.15) is 11.6 Å². The monoisotopic (exact) mass is 499 g/mol. The Morgan fingerprint density at radius 1 is 1.00 bits per heavy atom. The number of alkyl carbamates (subject to hydrolysis) is 1. The molecular weight excluding hydrogens is 462 g/mol. The maximum absolute atomic E-state index is 13.1. The Bertz CT molecular complexity index is 1010. The van der Waals surface area contributed by atoms with Crippen LogP contribution in [-0.4, -0.2) is 52.8 Å². The smallest absolute Gasteiger partial charge is 0.407 e. The Hall–Kier alpha value is -3.23. The van der Waals surface area contributed by atoms with Crippen molar-refractivity contribution in [3.05, 3.63) is 34.9 Å². The summed E-state index contributed by atoms with van der Waals surface area (Å²) in [4.78, 5) is 62.4. The molecule has 2 aliphatic rings. The van der Waals surface area contributed by atoms with E-state index in [4.69, 9.17) is 4.74 Å². The van der Waals surface area contributed by atoms with E-state index in [0.717, 1.165) is 55.4 Å². The number of hydrogen-bond donors (Lipinski definition) is 2. The van der Waals surface area contributed by atoms with E-state index < -0.39 is 29.4 Å². The molecule has 1 atom stereocenters. The van der Waals surface area contributed by atoms with Crippen LogP contribution in [0.3, 0.4) is 0 Å². The van der Waals surface area contributed by atoms with Gasteiger partial charge < -0.3 is 10.1 Å². The number of aryl methyl sites for hydroxylation is 1. The second-order valence-corrected chi connectivity index (χ2v) is 10.4. The van der Waals surface area contributed by atoms with Crippen molar-refractivity contribution in [2.45, 2.75) is 96.6 Å². The van der Waals surface area contributed by atoms with E-state index in [1.807, 2.05) is 26.8 Å². The molecule has 0 saturated carbocycles. The number of piperidine rings is 1. The molecular formula is C27H37N3O6. The number of hydrogen-bond acceptors (Lipinski definition) is 6. The third-order valence-electron chi connectivity index (χ3n) is 6.35. The van der Waals surface area contributed by atoms with E-state index in [9.17, 15) is 24.0 Å². The van der Waals surface area contributed by atoms with Gasteiger partial charge in [0.15, 0.2) is 0 Å². The van der Waals surface area contributed by atoms with Crippen molar-refractivity contribution >= 4 is 29.7 Å². The van der Waals surface area contributed by atoms with E-state index >= 15 is 0 Å². The van der Waals surface area contributed by atoms with Crippen molar-refractivity contribution in [3.63, 3.8) is 0 Å². The molecule has 0 aliphatic carbocycles. The van der Waals surface area contributed by atoms with Crippen molar-refractivity contribution in [1.82, 2.24) is 15.5 Å². The summed E-state index contributed by atoms with van der Waals surface area (Å²) in [6.45, 7) is 6.12. The highest BCUT2D eigenvalue weighted by Crippen LogP contribution is 2.30. The number of amides is 5. The van der Waals surface area contributed by atoms with Gasteiger partial charge in [-0.1, -0.05) is 44.2 Å². The maximum Gasteiger partial charge on any atom is 0.407 e. The van der Waals surface area contributed by atoms with Crippen LogP contribution in [0.1, 0.15) is 105 Å². The van der Waals surface area contributed by atoms with Gasteiger partial charge in [0.25, 0.3) is 11.8 Å². The Labute approximate surface area is 212 Å². The predicted molar refractivity (Wildman–Crippen MR) is 133 cm³/mol. The number of ether oxygens (including phenoxy) is 1. The molecule has 36 heavy (non-hydrogen) atoms. The number of imide groups is 2. The zero-order valence-corrected chi connectivity index (χ0v) is 21.5. The zero-order valence-electron chi connectivity index (χ0n) is 21.5. The molecule has 0 spiro atoms. The van der Waals surface area contributed by atoms with Crippen LogP contribution in [-0.2, 0) is 20.7 Å². The van der Waals surface area contributed by atoms with Gasteiger partial charge in [-0.2, -0.15) is 0 Å². The lowest BCUT2D eigenvalue weighted by Crippen LogP contribution is -2.54. The molecule has 1 saturated heterocycles. The minimum absolute atomic E-state index is 0.108. The number of fused-ring (bicyclic) bond motifs is 1. The SMILES string of the molecule is CC(C)(C)OC(=O)NCCCCCCCCCc1cccc2c1C(=O)N(C1CCC(=O)NC1=O)C2=O. The molecule has 9 heteroatoms. The molecule has 1 aromatic carbocycles. The molecule has 196 valence electrons. The summed E-state index contributed by atoms with van der Waals surface area (Å²) in [5.74, 6) is -1.89. The van der Waals surface area contributed by atoms with Crippen LogP contribution in [0.25, 0.3) is 0 Å². The molecule has 1 unspecified atom stereocenters. The van der Waals surface area contributed by atoms with E-state index in [1.54, 1.807) is 12.1 Å². The van der Waals surface area contributed by atoms with Crippen molar-refractivity contribution < 1.29 is 28.7 Å². The van der Waals surface area contributed by atoms with Gasteiger partial charge in [-0.3, -0.25) is 29.4 Å². The fraction of sp³-hybridized carbons (Fsp3) is 0.593. The standard InChI is InChI=1S/C27H37N3O6/c1-27(2,3)36-26(35)28-17-10-8-6-4-5-7-9-12-18-13-11-14-19-22(18)25(34)30(24(19)33)20-15-16-21(31)29-23(20)32/h11,13-14,20H,4-10,12,15-17H2,1-3H3,(H,28,35)(H,29,31,32). The second-order valence-electron chi connectivity index (χ2n) is 10.4. The van der Waals surface area contributed by atoms with Gasteiger partial charge in [-0.05, 0) is 58.1 Å². The van der Waals surface area contributed by atoms with Gasteiger partial charge in [0.2, 0.25) is 11.8 Å². The first-order valence-corrected chi connectivity index (χ1v) is 12.9. The largest absolute Gasteiger partial charge is 0.444 e. The Kier molecular flexibility index (Phi) is 9.23. The lowest BCUT2D eigenvalue weighted by atomic mass is 9.97. The fourth-order valence-electron chi connectivity index (χ4n) is 4.62. The number of nitrogens with zero attached hydrogens (tertiary/aromatic N) is 1. The second kappa shape index (κ2) is 12.1. The zero-order chi connectivity index (χ0) is 26.3. The average Bonchev–Trinajstić information content (AvgIpc) is 3.05. The molecule has 9 nitrogen and oxygen atoms in total. The first-order valence-electron chi connectivity index (χ1n) is 12.9. The lowest BCUT2D eigenvalue weighted by Gasteiger charge is -2.27. The topological polar surface area (TPSA) is 122 Å². The van der Waals surface area contributed by atoms with Crippen molar-refractivity contribution in [3.8, 4) is 0 Å². The number of benzene rings is 1. The molecule has 0 radical (unpaired) electrons. The van der Waals surface area contributed by atoms with Crippen LogP contribution in [0.15, 0.2) is 18.2 Å². The summed E-state index contributed by atoms with van der Waals surface area (Å²) >= 11 is 0. The Morgan fingerprint density at radius 3 is 2.33 bits per heavy atom. The van der Waals surface area contributed by atoms with Crippen LogP contribution < -0.4 is 10.6 Å². The molecule has 3 rings (SSSR count). The number of rotatable bonds is 11. The fourth-order valence-corrected chi connectivity index (χ4v) is 4.62. The molecule has 0 aromatic heterocycles. The predicted octanol–water partition coefficient (Wildman–Crippen LogP) is 3.89. The summed E-state index contributed by atoms with van der Waals surface area (Å²) < 4.78 is 5.21. The van der Waals surface area contributed by atoms with Gasteiger partial charge in [0, 0.05) is 13.0 Å². The quantitative estimate of drug-likeness (QED) is 0.352. The van der Waals surface area contributed by atoms with Gasteiger partial charge >= 0.3 is 6.09 Å². The summed E-state index contributed by atoms with van der Waals surface area (Å²) in [6, 6.07) is 4.33. The van der Waals surface area contributed by atoms with Crippen LogP contribution >= 0.6 is 0 Å². The molecule has 2 heterocycles. The molecule has 0 bridgehead atoms. The summed E-state index contributed by atoms with van der Waals surface area (Å²) in [5.41, 5.74) is 1.07. The number of carbonyl (C=O) groups is 5. The summed E-state index contributed by atoms with van der Waals surface area (Å²) in [5, 5.41) is 4.99. The minimum Gasteiger partial charge on any atom is -0.444 e. The van der Waals surface area contributed by atoms with Gasteiger partial charge in [0.05, 0.1) is 11.1 Å². The maximum atomic E-state index is 13.1. The van der Waals surface area contributed by atoms with Gasteiger partial charge in [-0.25, -0.2) is 4.79 Å². The van der Waals surface area contributed by atoms with Crippen molar-refractivity contribution in [2.75, 3.05) is 6.54 Å². The summed E-state index contributed by atoms with van der Waals surface area (Å²) in [7, 11) is 0. The van der Waals surface area contributed by atoms with Gasteiger partial charge in [-0.15, -0.1) is 0 Å². The van der Waals surface area contributed by atoms with E-state index in [2.05, 4.69) is 10.6 Å². The third-order valence-corrected chi connectivity index (χ3v) is 6.35. The van der Waals surface area contributed by atoms with Crippen LogP contribution in [0.5, 0.6) is 0 Å². The molecule has 2 aliphatic heterocycles. The average molecular weight is 500 g/mol. The van der Waals surface area contributed by atoms with E-state index in [-0.39, 0.29) is 24.8 Å². The number of unbranched alkanes of at least 4 members (excludes halogenated alkanes) is 6. The highest BCUT2D eigenvalue weighted by molar-refractivity contribution is 6.24. The lowest BCUT2D eigenvalue weighted by molar-refractivity contribution is -0.136. The number of nitrogens with one attached hydrogen (secondary N) is 2. The van der Waals surface area contributed by atoms with Crippen molar-refractivity contribution in [1.29, 1.82) is 0 Å². The first-order chi connectivity index (χ1) is 17.1. The first kappa shape index (κ1) is 27.4. The highest BCUT2D eigenvalue weighted by atomic mass is 16.6. The molecule has 2 N–H and O–H groups in total. The normalized spacial score (nSPS) is 17.8.